The van der Waals surface area contributed by atoms with Gasteiger partial charge in [-0.3, -0.25) is 0 Å². The number of nitrogens with one attached hydrogen (secondary N) is 1. The van der Waals surface area contributed by atoms with Crippen molar-refractivity contribution >= 4 is 11.7 Å². The Kier molecular flexibility index (Phi) is 2.73. The second-order valence-electron chi connectivity index (χ2n) is 4.00. The van der Waals surface area contributed by atoms with Crippen LogP contribution in [-0.4, -0.2) is 24.3 Å². The number of hydrogen-bond acceptors (Lipinski definition) is 4. The van der Waals surface area contributed by atoms with Crippen LogP contribution in [0.15, 0.2) is 11.1 Å². The molecule has 0 saturated heterocycles. The Morgan fingerprint density at radius 2 is 2.06 bits per heavy atom. The van der Waals surface area contributed by atoms with Crippen LogP contribution in [0.5, 0.6) is 5.75 Å². The second-order valence-corrected chi connectivity index (χ2v) is 4.00. The minimum atomic E-state index is 0.296. The van der Waals surface area contributed by atoms with Gasteiger partial charge in [-0.05, 0) is 38.0 Å². The summed E-state index contributed by atoms with van der Waals surface area (Å²) in [6.45, 7) is 7.17. The van der Waals surface area contributed by atoms with Crippen LogP contribution in [0.25, 0.3) is 0 Å². The molecule has 1 heterocycles. The molecule has 0 atom stereocenters. The molecule has 0 radical (unpaired) electrons. The topological polar surface area (TPSA) is 53.8 Å². The van der Waals surface area contributed by atoms with Gasteiger partial charge in [0.2, 0.25) is 0 Å². The summed E-state index contributed by atoms with van der Waals surface area (Å²) in [4.78, 5) is 4.17. The largest absolute Gasteiger partial charge is 0.508 e. The van der Waals surface area contributed by atoms with Crippen LogP contribution in [0.2, 0.25) is 0 Å². The van der Waals surface area contributed by atoms with Crippen LogP contribution in [0, 0.1) is 20.8 Å². The van der Waals surface area contributed by atoms with Crippen molar-refractivity contribution in [1.29, 1.82) is 0 Å². The van der Waals surface area contributed by atoms with E-state index in [0.29, 0.717) is 24.9 Å². The van der Waals surface area contributed by atoms with E-state index >= 15 is 0 Å². The van der Waals surface area contributed by atoms with Crippen molar-refractivity contribution in [3.05, 3.63) is 22.8 Å². The highest BCUT2D eigenvalue weighted by Gasteiger charge is 2.14. The van der Waals surface area contributed by atoms with Crippen LogP contribution in [0.4, 0.5) is 5.69 Å². The Morgan fingerprint density at radius 3 is 2.69 bits per heavy atom. The predicted octanol–water partition coefficient (Wildman–Crippen LogP) is 2.12. The third-order valence-corrected chi connectivity index (χ3v) is 2.90. The molecule has 0 unspecified atom stereocenters. The first-order chi connectivity index (χ1) is 7.59. The molecule has 2 N–H and O–H groups in total. The van der Waals surface area contributed by atoms with Crippen LogP contribution < -0.4 is 5.32 Å². The van der Waals surface area contributed by atoms with Crippen molar-refractivity contribution in [3.63, 3.8) is 0 Å². The number of aryl methyl sites for hydroxylation is 1. The van der Waals surface area contributed by atoms with E-state index in [0.717, 1.165) is 22.4 Å². The first-order valence-corrected chi connectivity index (χ1v) is 5.33. The van der Waals surface area contributed by atoms with E-state index in [9.17, 15) is 5.11 Å². The van der Waals surface area contributed by atoms with Gasteiger partial charge in [0.15, 0.2) is 0 Å². The first kappa shape index (κ1) is 10.8. The number of anilines is 1. The molecule has 16 heavy (non-hydrogen) atoms. The molecule has 0 bridgehead atoms. The lowest BCUT2D eigenvalue weighted by molar-refractivity contribution is 0.346. The number of amidine groups is 1. The number of phenolic OH excluding ortho intramolecular Hbond substituents is 1. The Balaban J connectivity index is 2.38. The second kappa shape index (κ2) is 4.04. The van der Waals surface area contributed by atoms with E-state index in [2.05, 4.69) is 10.3 Å². The minimum absolute atomic E-state index is 0.296. The molecule has 2 rings (SSSR count). The lowest BCUT2D eigenvalue weighted by atomic mass is 10.0. The van der Waals surface area contributed by atoms with Crippen LogP contribution in [0.1, 0.15) is 16.7 Å². The summed E-state index contributed by atoms with van der Waals surface area (Å²) >= 11 is 0. The molecule has 1 aromatic rings. The van der Waals surface area contributed by atoms with Gasteiger partial charge in [0.05, 0.1) is 12.2 Å². The quantitative estimate of drug-likeness (QED) is 0.762. The number of benzene rings is 1. The fourth-order valence-corrected chi connectivity index (χ4v) is 1.73. The molecule has 0 aromatic heterocycles. The van der Waals surface area contributed by atoms with Crippen molar-refractivity contribution in [2.75, 3.05) is 18.5 Å². The van der Waals surface area contributed by atoms with E-state index < -0.39 is 0 Å². The fraction of sp³-hybridized carbons (Fsp3) is 0.417. The van der Waals surface area contributed by atoms with E-state index in [-0.39, 0.29) is 0 Å². The van der Waals surface area contributed by atoms with Crippen molar-refractivity contribution in [2.45, 2.75) is 20.8 Å². The highest BCUT2D eigenvalue weighted by Crippen LogP contribution is 2.31. The lowest BCUT2D eigenvalue weighted by Crippen LogP contribution is -2.14. The molecule has 0 fully saturated rings. The number of phenols is 1. The molecule has 86 valence electrons. The number of ether oxygens (including phenoxy) is 1. The zero-order valence-electron chi connectivity index (χ0n) is 9.79. The Morgan fingerprint density at radius 1 is 1.31 bits per heavy atom. The number of hydrogen-bond donors (Lipinski definition) is 2. The van der Waals surface area contributed by atoms with Crippen LogP contribution in [-0.2, 0) is 4.74 Å². The normalized spacial score (nSPS) is 14.6. The van der Waals surface area contributed by atoms with Gasteiger partial charge in [0.25, 0.3) is 6.02 Å². The summed E-state index contributed by atoms with van der Waals surface area (Å²) < 4.78 is 5.30. The minimum Gasteiger partial charge on any atom is -0.508 e. The molecule has 0 amide bonds. The van der Waals surface area contributed by atoms with Gasteiger partial charge in [-0.1, -0.05) is 0 Å². The molecular formula is C12H16N2O2. The maximum Gasteiger partial charge on any atom is 0.289 e. The maximum atomic E-state index is 9.76. The van der Waals surface area contributed by atoms with Gasteiger partial charge in [0.1, 0.15) is 12.4 Å². The Bertz CT molecular complexity index is 427. The van der Waals surface area contributed by atoms with Gasteiger partial charge in [0, 0.05) is 5.56 Å². The summed E-state index contributed by atoms with van der Waals surface area (Å²) in [7, 11) is 0. The standard InChI is InChI=1S/C12H16N2O2/c1-7-6-10(15)9(3)11(8(7)2)14-12-13-4-5-16-12/h6,15H,4-5H2,1-3H3,(H,13,14). The van der Waals surface area contributed by atoms with Crippen LogP contribution >= 0.6 is 0 Å². The molecule has 4 nitrogen and oxygen atoms in total. The van der Waals surface area contributed by atoms with Crippen molar-refractivity contribution < 1.29 is 9.84 Å². The van der Waals surface area contributed by atoms with Crippen molar-refractivity contribution in [2.24, 2.45) is 4.99 Å². The van der Waals surface area contributed by atoms with Gasteiger partial charge >= 0.3 is 0 Å². The smallest absolute Gasteiger partial charge is 0.289 e. The van der Waals surface area contributed by atoms with E-state index in [1.165, 1.54) is 0 Å². The molecule has 1 aliphatic rings. The monoisotopic (exact) mass is 220 g/mol. The average molecular weight is 220 g/mol. The third-order valence-electron chi connectivity index (χ3n) is 2.90. The zero-order chi connectivity index (χ0) is 11.7. The number of aromatic hydroxyl groups is 1. The summed E-state index contributed by atoms with van der Waals surface area (Å²) in [6, 6.07) is 2.31. The SMILES string of the molecule is Cc1cc(O)c(C)c(NC2=NCCO2)c1C. The number of rotatable bonds is 1. The third kappa shape index (κ3) is 1.83. The molecule has 0 spiro atoms. The van der Waals surface area contributed by atoms with E-state index in [1.54, 1.807) is 6.07 Å². The first-order valence-electron chi connectivity index (χ1n) is 5.33. The molecule has 4 heteroatoms. The molecular weight excluding hydrogens is 204 g/mol. The molecule has 1 aromatic carbocycles. The van der Waals surface area contributed by atoms with Crippen LogP contribution in [0.3, 0.4) is 0 Å². The number of aliphatic imine (C=N–C) groups is 1. The summed E-state index contributed by atoms with van der Waals surface area (Å²) in [5.41, 5.74) is 3.86. The lowest BCUT2D eigenvalue weighted by Gasteiger charge is -2.15. The Hall–Kier alpha value is -1.71. The van der Waals surface area contributed by atoms with E-state index in [4.69, 9.17) is 4.74 Å². The highest BCUT2D eigenvalue weighted by atomic mass is 16.5. The molecule has 0 saturated carbocycles. The van der Waals surface area contributed by atoms with Gasteiger partial charge in [-0.25, -0.2) is 4.99 Å². The maximum absolute atomic E-state index is 9.76. The molecule has 0 aliphatic carbocycles. The van der Waals surface area contributed by atoms with Gasteiger partial charge in [-0.15, -0.1) is 0 Å². The summed E-state index contributed by atoms with van der Waals surface area (Å²) in [5.74, 6) is 0.296. The highest BCUT2D eigenvalue weighted by molar-refractivity contribution is 5.92. The zero-order valence-corrected chi connectivity index (χ0v) is 9.79. The summed E-state index contributed by atoms with van der Waals surface area (Å²) in [5, 5.41) is 12.9. The summed E-state index contributed by atoms with van der Waals surface area (Å²) in [6.07, 6.45) is 0. The fourth-order valence-electron chi connectivity index (χ4n) is 1.73. The molecule has 1 aliphatic heterocycles. The number of nitrogens with zero attached hydrogens (tertiary/aromatic N) is 1. The van der Waals surface area contributed by atoms with Crippen molar-refractivity contribution in [1.82, 2.24) is 0 Å². The average Bonchev–Trinajstić information content (AvgIpc) is 2.74. The van der Waals surface area contributed by atoms with E-state index in [1.807, 2.05) is 20.8 Å². The van der Waals surface area contributed by atoms with Gasteiger partial charge in [-0.2, -0.15) is 0 Å². The van der Waals surface area contributed by atoms with Gasteiger partial charge < -0.3 is 15.2 Å². The van der Waals surface area contributed by atoms with Crippen molar-refractivity contribution in [3.8, 4) is 5.75 Å². The predicted molar refractivity (Wildman–Crippen MR) is 64.2 cm³/mol. The Labute approximate surface area is 95.0 Å².